The first-order chi connectivity index (χ1) is 9.15. The molecule has 6 heteroatoms. The normalized spacial score (nSPS) is 11.8. The van der Waals surface area contributed by atoms with Crippen molar-refractivity contribution in [2.75, 3.05) is 5.88 Å². The van der Waals surface area contributed by atoms with Crippen LogP contribution in [-0.4, -0.2) is 16.0 Å². The summed E-state index contributed by atoms with van der Waals surface area (Å²) in [7, 11) is 0. The van der Waals surface area contributed by atoms with Crippen LogP contribution in [0.3, 0.4) is 0 Å². The first-order valence-electron chi connectivity index (χ1n) is 5.26. The summed E-state index contributed by atoms with van der Waals surface area (Å²) in [5.74, 6) is -0.253. The maximum atomic E-state index is 9.57. The van der Waals surface area contributed by atoms with Gasteiger partial charge < -0.3 is 5.11 Å². The molecule has 1 heterocycles. The molecule has 19 heavy (non-hydrogen) atoms. The molecule has 1 aromatic heterocycles. The number of nitriles is 1. The van der Waals surface area contributed by atoms with E-state index < -0.39 is 0 Å². The summed E-state index contributed by atoms with van der Waals surface area (Å²) in [6.07, 6.45) is 1.68. The maximum absolute atomic E-state index is 9.57. The first-order valence-corrected chi connectivity index (χ1v) is 7.40. The van der Waals surface area contributed by atoms with Crippen molar-refractivity contribution in [2.24, 2.45) is 0 Å². The van der Waals surface area contributed by atoms with E-state index in [1.807, 2.05) is 30.3 Å². The lowest BCUT2D eigenvalue weighted by Gasteiger charge is -1.97. The van der Waals surface area contributed by atoms with Gasteiger partial charge in [-0.25, -0.2) is 4.98 Å². The fourth-order valence-corrected chi connectivity index (χ4v) is 2.78. The Hall–Kier alpha value is -1.35. The fourth-order valence-electron chi connectivity index (χ4n) is 1.44. The van der Waals surface area contributed by atoms with E-state index in [0.717, 1.165) is 14.9 Å². The third kappa shape index (κ3) is 3.16. The molecule has 96 valence electrons. The topological polar surface area (TPSA) is 56.9 Å². The summed E-state index contributed by atoms with van der Waals surface area (Å²) in [6, 6.07) is 9.72. The first kappa shape index (κ1) is 14.1. The molecule has 2 rings (SSSR count). The zero-order chi connectivity index (χ0) is 13.8. The fraction of sp³-hybridized carbons (Fsp3) is 0.0769. The third-order valence-corrected chi connectivity index (χ3v) is 4.22. The second-order valence-corrected chi connectivity index (χ2v) is 5.82. The predicted octanol–water partition coefficient (Wildman–Crippen LogP) is 4.60. The molecule has 0 aliphatic heterocycles. The highest BCUT2D eigenvalue weighted by Crippen LogP contribution is 2.31. The van der Waals surface area contributed by atoms with E-state index >= 15 is 0 Å². The molecule has 0 saturated heterocycles. The van der Waals surface area contributed by atoms with Gasteiger partial charge in [0.1, 0.15) is 22.4 Å². The number of benzene rings is 1. The Balaban J connectivity index is 2.39. The van der Waals surface area contributed by atoms with Gasteiger partial charge in [0.2, 0.25) is 0 Å². The lowest BCUT2D eigenvalue weighted by Crippen LogP contribution is -1.89. The van der Waals surface area contributed by atoms with Gasteiger partial charge in [-0.1, -0.05) is 28.1 Å². The largest absolute Gasteiger partial charge is 0.510 e. The molecule has 0 saturated carbocycles. The van der Waals surface area contributed by atoms with Crippen LogP contribution >= 0.6 is 38.9 Å². The van der Waals surface area contributed by atoms with Crippen LogP contribution in [0.4, 0.5) is 0 Å². The number of hydrogen-bond acceptors (Lipinski definition) is 4. The number of allylic oxidation sites excluding steroid dienone is 2. The van der Waals surface area contributed by atoms with Crippen molar-refractivity contribution in [3.05, 3.63) is 45.7 Å². The lowest BCUT2D eigenvalue weighted by molar-refractivity contribution is 0.420. The molecule has 3 nitrogen and oxygen atoms in total. The number of alkyl halides is 1. The van der Waals surface area contributed by atoms with Crippen molar-refractivity contribution >= 4 is 44.4 Å². The van der Waals surface area contributed by atoms with Gasteiger partial charge in [0.05, 0.1) is 10.8 Å². The highest BCUT2D eigenvalue weighted by atomic mass is 79.9. The number of aromatic nitrogens is 1. The molecule has 0 radical (unpaired) electrons. The van der Waals surface area contributed by atoms with Crippen LogP contribution in [0.25, 0.3) is 16.0 Å². The van der Waals surface area contributed by atoms with Gasteiger partial charge in [-0.15, -0.1) is 22.9 Å². The lowest BCUT2D eigenvalue weighted by atomic mass is 10.2. The van der Waals surface area contributed by atoms with Crippen molar-refractivity contribution in [3.63, 3.8) is 0 Å². The summed E-state index contributed by atoms with van der Waals surface area (Å²) in [4.78, 5) is 5.09. The van der Waals surface area contributed by atoms with E-state index in [-0.39, 0.29) is 17.2 Å². The molecule has 0 atom stereocenters. The van der Waals surface area contributed by atoms with Gasteiger partial charge in [0.15, 0.2) is 0 Å². The Kier molecular flexibility index (Phi) is 4.59. The molecule has 2 aromatic rings. The van der Waals surface area contributed by atoms with Crippen LogP contribution in [0.5, 0.6) is 0 Å². The van der Waals surface area contributed by atoms with E-state index in [0.29, 0.717) is 5.01 Å². The van der Waals surface area contributed by atoms with Crippen molar-refractivity contribution in [1.29, 1.82) is 5.26 Å². The monoisotopic (exact) mass is 354 g/mol. The molecule has 0 aliphatic carbocycles. The highest BCUT2D eigenvalue weighted by Gasteiger charge is 2.13. The van der Waals surface area contributed by atoms with Gasteiger partial charge in [0, 0.05) is 10.7 Å². The summed E-state index contributed by atoms with van der Waals surface area (Å²) < 4.78 is 0.999. The molecular weight excluding hydrogens is 348 g/mol. The summed E-state index contributed by atoms with van der Waals surface area (Å²) >= 11 is 10.2. The van der Waals surface area contributed by atoms with Gasteiger partial charge >= 0.3 is 0 Å². The standard InChI is InChI=1S/C13H8BrClN2OS/c14-9-3-1-8(2-4-9)12-7-17-13(19-12)10(6-16)11(18)5-15/h1-4,7,18H,5H2/b11-10-. The smallest absolute Gasteiger partial charge is 0.137 e. The summed E-state index contributed by atoms with van der Waals surface area (Å²) in [5, 5.41) is 19.1. The number of nitrogens with zero attached hydrogens (tertiary/aromatic N) is 2. The van der Waals surface area contributed by atoms with Crippen molar-refractivity contribution in [1.82, 2.24) is 4.98 Å². The molecule has 1 aromatic carbocycles. The minimum Gasteiger partial charge on any atom is -0.510 e. The minimum atomic E-state index is -0.152. The van der Waals surface area contributed by atoms with Crippen LogP contribution in [0.1, 0.15) is 5.01 Å². The number of rotatable bonds is 3. The summed E-state index contributed by atoms with van der Waals surface area (Å²) in [5.41, 5.74) is 1.14. The second-order valence-electron chi connectivity index (χ2n) is 3.60. The number of thiazole rings is 1. The van der Waals surface area contributed by atoms with Crippen LogP contribution < -0.4 is 0 Å². The molecule has 0 bridgehead atoms. The summed E-state index contributed by atoms with van der Waals surface area (Å²) in [6.45, 7) is 0. The van der Waals surface area contributed by atoms with Crippen molar-refractivity contribution in [2.45, 2.75) is 0 Å². The average molecular weight is 356 g/mol. The minimum absolute atomic E-state index is 0.101. The van der Waals surface area contributed by atoms with Crippen LogP contribution in [0.15, 0.2) is 40.7 Å². The number of aliphatic hydroxyl groups is 1. The zero-order valence-corrected chi connectivity index (χ0v) is 12.8. The van der Waals surface area contributed by atoms with E-state index in [1.54, 1.807) is 6.20 Å². The predicted molar refractivity (Wildman–Crippen MR) is 81.1 cm³/mol. The Labute approximate surface area is 127 Å². The van der Waals surface area contributed by atoms with Crippen LogP contribution in [0.2, 0.25) is 0 Å². The van der Waals surface area contributed by atoms with Gasteiger partial charge in [-0.2, -0.15) is 5.26 Å². The molecule has 0 unspecified atom stereocenters. The second kappa shape index (κ2) is 6.20. The number of aliphatic hydroxyl groups excluding tert-OH is 1. The van der Waals surface area contributed by atoms with Gasteiger partial charge in [-0.3, -0.25) is 0 Å². The van der Waals surface area contributed by atoms with E-state index in [1.165, 1.54) is 11.3 Å². The van der Waals surface area contributed by atoms with Crippen LogP contribution in [-0.2, 0) is 0 Å². The van der Waals surface area contributed by atoms with Crippen molar-refractivity contribution in [3.8, 4) is 16.5 Å². The SMILES string of the molecule is N#C/C(=C(/O)CCl)c1ncc(-c2ccc(Br)cc2)s1. The number of hydrogen-bond donors (Lipinski definition) is 1. The molecule has 0 aliphatic rings. The average Bonchev–Trinajstić information content (AvgIpc) is 2.89. The highest BCUT2D eigenvalue weighted by molar-refractivity contribution is 9.10. The molecule has 0 spiro atoms. The van der Waals surface area contributed by atoms with E-state index in [2.05, 4.69) is 20.9 Å². The van der Waals surface area contributed by atoms with Gasteiger partial charge in [0.25, 0.3) is 0 Å². The quantitative estimate of drug-likeness (QED) is 0.497. The Bertz CT molecular complexity index is 658. The van der Waals surface area contributed by atoms with Gasteiger partial charge in [-0.05, 0) is 17.7 Å². The van der Waals surface area contributed by atoms with Crippen LogP contribution in [0, 0.1) is 11.3 Å². The molecular formula is C13H8BrClN2OS. The Morgan fingerprint density at radius 3 is 2.68 bits per heavy atom. The van der Waals surface area contributed by atoms with Crippen molar-refractivity contribution < 1.29 is 5.11 Å². The molecule has 0 fully saturated rings. The molecule has 1 N–H and O–H groups in total. The molecule has 0 amide bonds. The third-order valence-electron chi connectivity index (χ3n) is 2.38. The Morgan fingerprint density at radius 2 is 2.11 bits per heavy atom. The maximum Gasteiger partial charge on any atom is 0.137 e. The Morgan fingerprint density at radius 1 is 1.42 bits per heavy atom. The van der Waals surface area contributed by atoms with E-state index in [9.17, 15) is 5.11 Å². The zero-order valence-electron chi connectivity index (χ0n) is 9.60. The van der Waals surface area contributed by atoms with E-state index in [4.69, 9.17) is 16.9 Å². The number of halogens is 2.